The first-order valence-corrected chi connectivity index (χ1v) is 7.94. The van der Waals surface area contributed by atoms with Crippen molar-refractivity contribution in [3.8, 4) is 11.7 Å². The third-order valence-corrected chi connectivity index (χ3v) is 4.01. The first kappa shape index (κ1) is 16.1. The van der Waals surface area contributed by atoms with Gasteiger partial charge in [0.25, 0.3) is 5.89 Å². The maximum Gasteiger partial charge on any atom is 0.417 e. The predicted octanol–water partition coefficient (Wildman–Crippen LogP) is 4.80. The molecule has 0 N–H and O–H groups in total. The molecule has 0 atom stereocenters. The molecule has 3 aromatic rings. The lowest BCUT2D eigenvalue weighted by Crippen LogP contribution is -2.05. The van der Waals surface area contributed by atoms with Gasteiger partial charge in [0.05, 0.1) is 16.3 Å². The van der Waals surface area contributed by atoms with Crippen LogP contribution >= 0.6 is 27.7 Å². The van der Waals surface area contributed by atoms with Gasteiger partial charge in [0.15, 0.2) is 10.4 Å². The van der Waals surface area contributed by atoms with Gasteiger partial charge >= 0.3 is 6.18 Å². The third kappa shape index (κ3) is 3.94. The van der Waals surface area contributed by atoms with Crippen LogP contribution in [0.4, 0.5) is 13.2 Å². The Morgan fingerprint density at radius 2 is 1.91 bits per heavy atom. The molecule has 0 aromatic carbocycles. The van der Waals surface area contributed by atoms with E-state index in [1.165, 1.54) is 17.8 Å². The highest BCUT2D eigenvalue weighted by Gasteiger charge is 2.30. The molecule has 10 heteroatoms. The molecule has 0 fully saturated rings. The highest BCUT2D eigenvalue weighted by molar-refractivity contribution is 9.10. The summed E-state index contributed by atoms with van der Waals surface area (Å²) in [5.74, 6) is 1.26. The molecule has 120 valence electrons. The van der Waals surface area contributed by atoms with E-state index in [1.54, 1.807) is 12.1 Å². The fraction of sp³-hybridized carbons (Fsp3) is 0.154. The molecule has 0 saturated heterocycles. The van der Waals surface area contributed by atoms with E-state index >= 15 is 0 Å². The van der Waals surface area contributed by atoms with Gasteiger partial charge in [0, 0.05) is 6.20 Å². The van der Waals surface area contributed by atoms with Gasteiger partial charge in [-0.05, 0) is 40.2 Å². The normalized spacial score (nSPS) is 11.8. The SMILES string of the molecule is FC(F)(F)c1ccc(SCc2nnc(-c3ccc(Br)o3)o2)nc1. The van der Waals surface area contributed by atoms with Crippen LogP contribution in [0.5, 0.6) is 0 Å². The Kier molecular flexibility index (Phi) is 4.44. The second kappa shape index (κ2) is 6.36. The number of hydrogen-bond donors (Lipinski definition) is 0. The van der Waals surface area contributed by atoms with Gasteiger partial charge < -0.3 is 8.83 Å². The van der Waals surface area contributed by atoms with Crippen LogP contribution in [0.1, 0.15) is 11.5 Å². The summed E-state index contributed by atoms with van der Waals surface area (Å²) in [6, 6.07) is 5.65. The number of thioether (sulfide) groups is 1. The maximum atomic E-state index is 12.4. The fourth-order valence-electron chi connectivity index (χ4n) is 1.61. The van der Waals surface area contributed by atoms with Crippen molar-refractivity contribution < 1.29 is 22.0 Å². The first-order chi connectivity index (χ1) is 10.9. The monoisotopic (exact) mass is 405 g/mol. The zero-order chi connectivity index (χ0) is 16.4. The largest absolute Gasteiger partial charge is 0.444 e. The number of aromatic nitrogens is 3. The second-order valence-corrected chi connectivity index (χ2v) is 6.05. The van der Waals surface area contributed by atoms with Crippen LogP contribution in [0, 0.1) is 0 Å². The molecule has 3 heterocycles. The van der Waals surface area contributed by atoms with Crippen LogP contribution in [0.2, 0.25) is 0 Å². The number of alkyl halides is 3. The Hall–Kier alpha value is -1.81. The molecule has 0 unspecified atom stereocenters. The molecule has 0 radical (unpaired) electrons. The van der Waals surface area contributed by atoms with Gasteiger partial charge in [-0.15, -0.1) is 10.2 Å². The van der Waals surface area contributed by atoms with Crippen molar-refractivity contribution in [2.24, 2.45) is 0 Å². The third-order valence-electron chi connectivity index (χ3n) is 2.66. The van der Waals surface area contributed by atoms with Gasteiger partial charge in [-0.2, -0.15) is 13.2 Å². The van der Waals surface area contributed by atoms with E-state index in [4.69, 9.17) is 8.83 Å². The summed E-state index contributed by atoms with van der Waals surface area (Å²) in [4.78, 5) is 3.76. The van der Waals surface area contributed by atoms with Crippen LogP contribution in [0.25, 0.3) is 11.7 Å². The summed E-state index contributed by atoms with van der Waals surface area (Å²) in [5, 5.41) is 8.13. The van der Waals surface area contributed by atoms with E-state index < -0.39 is 11.7 Å². The standard InChI is InChI=1S/C13H7BrF3N3O2S/c14-9-3-2-8(21-9)12-20-19-10(22-12)6-23-11-4-1-7(5-18-11)13(15,16)17/h1-5H,6H2. The Bertz CT molecular complexity index is 801. The minimum absolute atomic E-state index is 0.228. The first-order valence-electron chi connectivity index (χ1n) is 6.16. The molecule has 5 nitrogen and oxygen atoms in total. The zero-order valence-corrected chi connectivity index (χ0v) is 13.6. The van der Waals surface area contributed by atoms with Gasteiger partial charge in [0.1, 0.15) is 0 Å². The van der Waals surface area contributed by atoms with Crippen LogP contribution in [-0.4, -0.2) is 15.2 Å². The van der Waals surface area contributed by atoms with Crippen molar-refractivity contribution in [3.05, 3.63) is 46.6 Å². The number of halogens is 4. The Morgan fingerprint density at radius 3 is 2.52 bits per heavy atom. The van der Waals surface area contributed by atoms with Gasteiger partial charge in [0.2, 0.25) is 5.89 Å². The zero-order valence-electron chi connectivity index (χ0n) is 11.2. The Morgan fingerprint density at radius 1 is 1.09 bits per heavy atom. The molecule has 0 spiro atoms. The van der Waals surface area contributed by atoms with E-state index in [0.717, 1.165) is 12.3 Å². The van der Waals surface area contributed by atoms with E-state index in [-0.39, 0.29) is 11.6 Å². The van der Waals surface area contributed by atoms with Crippen molar-refractivity contribution in [2.45, 2.75) is 17.0 Å². The predicted molar refractivity (Wildman–Crippen MR) is 78.5 cm³/mol. The van der Waals surface area contributed by atoms with Crippen molar-refractivity contribution in [2.75, 3.05) is 0 Å². The average Bonchev–Trinajstić information content (AvgIpc) is 3.13. The summed E-state index contributed by atoms with van der Waals surface area (Å²) in [6.07, 6.45) is -3.60. The molecule has 0 amide bonds. The minimum Gasteiger partial charge on any atom is -0.444 e. The van der Waals surface area contributed by atoms with E-state index in [0.29, 0.717) is 21.3 Å². The van der Waals surface area contributed by atoms with E-state index in [9.17, 15) is 13.2 Å². The van der Waals surface area contributed by atoms with Crippen LogP contribution in [0.3, 0.4) is 0 Å². The number of furan rings is 1. The molecule has 3 rings (SSSR count). The molecule has 0 aliphatic heterocycles. The summed E-state index contributed by atoms with van der Waals surface area (Å²) in [6.45, 7) is 0. The number of rotatable bonds is 4. The fourth-order valence-corrected chi connectivity index (χ4v) is 2.60. The molecular weight excluding hydrogens is 399 g/mol. The Balaban J connectivity index is 1.64. The number of hydrogen-bond acceptors (Lipinski definition) is 6. The molecule has 0 bridgehead atoms. The Labute approximate surface area is 140 Å². The lowest BCUT2D eigenvalue weighted by molar-refractivity contribution is -0.137. The van der Waals surface area contributed by atoms with Crippen molar-refractivity contribution in [3.63, 3.8) is 0 Å². The molecule has 23 heavy (non-hydrogen) atoms. The summed E-state index contributed by atoms with van der Waals surface area (Å²) >= 11 is 4.36. The maximum absolute atomic E-state index is 12.4. The van der Waals surface area contributed by atoms with Gasteiger partial charge in [-0.25, -0.2) is 4.98 Å². The highest BCUT2D eigenvalue weighted by atomic mass is 79.9. The summed E-state index contributed by atoms with van der Waals surface area (Å²) < 4.78 is 48.6. The van der Waals surface area contributed by atoms with Crippen LogP contribution in [-0.2, 0) is 11.9 Å². The summed E-state index contributed by atoms with van der Waals surface area (Å²) in [5.41, 5.74) is -0.787. The number of nitrogens with zero attached hydrogens (tertiary/aromatic N) is 3. The smallest absolute Gasteiger partial charge is 0.417 e. The van der Waals surface area contributed by atoms with Crippen molar-refractivity contribution in [1.82, 2.24) is 15.2 Å². The van der Waals surface area contributed by atoms with E-state index in [1.807, 2.05) is 0 Å². The molecule has 0 aliphatic rings. The molecule has 0 saturated carbocycles. The van der Waals surface area contributed by atoms with Gasteiger partial charge in [-0.3, -0.25) is 0 Å². The van der Waals surface area contributed by atoms with Crippen molar-refractivity contribution >= 4 is 27.7 Å². The average molecular weight is 406 g/mol. The lowest BCUT2D eigenvalue weighted by atomic mass is 10.3. The topological polar surface area (TPSA) is 65.0 Å². The number of pyridine rings is 1. The van der Waals surface area contributed by atoms with Crippen LogP contribution in [0.15, 0.2) is 49.0 Å². The van der Waals surface area contributed by atoms with Crippen LogP contribution < -0.4 is 0 Å². The second-order valence-electron chi connectivity index (χ2n) is 4.28. The lowest BCUT2D eigenvalue weighted by Gasteiger charge is -2.05. The molecular formula is C13H7BrF3N3O2S. The van der Waals surface area contributed by atoms with Gasteiger partial charge in [-0.1, -0.05) is 11.8 Å². The summed E-state index contributed by atoms with van der Waals surface area (Å²) in [7, 11) is 0. The van der Waals surface area contributed by atoms with E-state index in [2.05, 4.69) is 31.1 Å². The minimum atomic E-state index is -4.39. The highest BCUT2D eigenvalue weighted by Crippen LogP contribution is 2.30. The molecule has 3 aromatic heterocycles. The quantitative estimate of drug-likeness (QED) is 0.580. The molecule has 0 aliphatic carbocycles. The van der Waals surface area contributed by atoms with Crippen molar-refractivity contribution in [1.29, 1.82) is 0 Å².